The number of fused-ring (bicyclic) bond motifs is 1. The van der Waals surface area contributed by atoms with Crippen molar-refractivity contribution in [1.29, 1.82) is 0 Å². The first-order valence-corrected chi connectivity index (χ1v) is 12.5. The molecule has 4 rings (SSSR count). The fraction of sp³-hybridized carbons (Fsp3) is 0.462. The van der Waals surface area contributed by atoms with Crippen molar-refractivity contribution in [2.75, 3.05) is 38.6 Å². The van der Waals surface area contributed by atoms with E-state index in [-0.39, 0.29) is 53.5 Å². The summed E-state index contributed by atoms with van der Waals surface area (Å²) in [5, 5.41) is 3.01. The number of Topliss-reactive ketones (excluding diaryl/α,β-unsaturated/α-hetero) is 1. The molecule has 0 saturated carbocycles. The molecule has 1 aromatic carbocycles. The van der Waals surface area contributed by atoms with Crippen molar-refractivity contribution in [3.05, 3.63) is 52.9 Å². The molecule has 0 radical (unpaired) electrons. The second-order valence-corrected chi connectivity index (χ2v) is 10.1. The number of rotatable bonds is 8. The number of nitrogens with zero attached hydrogens (tertiary/aromatic N) is 3. The van der Waals surface area contributed by atoms with Crippen LogP contribution in [0.15, 0.2) is 40.8 Å². The Morgan fingerprint density at radius 2 is 1.86 bits per heavy atom. The monoisotopic (exact) mass is 514 g/mol. The predicted octanol–water partition coefficient (Wildman–Crippen LogP) is 2.84. The van der Waals surface area contributed by atoms with Crippen molar-refractivity contribution in [3.8, 4) is 0 Å². The Kier molecular flexibility index (Phi) is 7.68. The van der Waals surface area contributed by atoms with E-state index >= 15 is 0 Å². The summed E-state index contributed by atoms with van der Waals surface area (Å²) in [7, 11) is 3.88. The minimum absolute atomic E-state index is 0.0208. The molecule has 2 aromatic rings. The summed E-state index contributed by atoms with van der Waals surface area (Å²) < 4.78 is 5.22. The van der Waals surface area contributed by atoms with Gasteiger partial charge in [-0.2, -0.15) is 0 Å². The summed E-state index contributed by atoms with van der Waals surface area (Å²) in [4.78, 5) is 56.1. The largest absolute Gasteiger partial charge is 0.440 e. The van der Waals surface area contributed by atoms with Crippen LogP contribution in [0, 0.1) is 5.92 Å². The number of carbonyl (C=O) groups excluding carboxylic acids is 4. The molecular weight excluding hydrogens is 484 g/mol. The lowest BCUT2D eigenvalue weighted by Crippen LogP contribution is -2.44. The van der Waals surface area contributed by atoms with Crippen LogP contribution in [0.4, 0.5) is 5.69 Å². The van der Waals surface area contributed by atoms with Gasteiger partial charge in [0.15, 0.2) is 16.8 Å². The second kappa shape index (κ2) is 10.7. The first-order valence-electron chi connectivity index (χ1n) is 12.1. The van der Waals surface area contributed by atoms with E-state index in [4.69, 9.17) is 16.0 Å². The Balaban J connectivity index is 1.26. The van der Waals surface area contributed by atoms with Gasteiger partial charge in [0.25, 0.3) is 11.8 Å². The quantitative estimate of drug-likeness (QED) is 0.581. The van der Waals surface area contributed by atoms with E-state index < -0.39 is 11.9 Å². The van der Waals surface area contributed by atoms with E-state index in [0.29, 0.717) is 31.5 Å². The number of anilines is 1. The van der Waals surface area contributed by atoms with Gasteiger partial charge in [-0.15, -0.1) is 0 Å². The highest BCUT2D eigenvalue weighted by Gasteiger charge is 2.51. The molecule has 0 aliphatic carbocycles. The maximum atomic E-state index is 13.0. The van der Waals surface area contributed by atoms with E-state index in [1.54, 1.807) is 17.0 Å². The number of halogens is 1. The zero-order chi connectivity index (χ0) is 26.0. The van der Waals surface area contributed by atoms with E-state index in [2.05, 4.69) is 5.32 Å². The van der Waals surface area contributed by atoms with Crippen molar-refractivity contribution < 1.29 is 23.6 Å². The fourth-order valence-corrected chi connectivity index (χ4v) is 5.05. The van der Waals surface area contributed by atoms with Crippen LogP contribution >= 0.6 is 11.6 Å². The number of benzene rings is 1. The maximum Gasteiger partial charge on any atom is 0.290 e. The Bertz CT molecular complexity index is 1150. The number of hydrogen-bond donors (Lipinski definition) is 1. The summed E-state index contributed by atoms with van der Waals surface area (Å²) in [6.45, 7) is 2.78. The lowest BCUT2D eigenvalue weighted by atomic mass is 10.0. The number of likely N-dealkylation sites (tertiary alicyclic amines) is 2. The lowest BCUT2D eigenvalue weighted by Gasteiger charge is -2.25. The van der Waals surface area contributed by atoms with Gasteiger partial charge in [-0.25, -0.2) is 0 Å². The van der Waals surface area contributed by atoms with Gasteiger partial charge in [0.1, 0.15) is 6.04 Å². The van der Waals surface area contributed by atoms with Crippen molar-refractivity contribution in [2.45, 2.75) is 38.3 Å². The fourth-order valence-electron chi connectivity index (χ4n) is 4.90. The van der Waals surface area contributed by atoms with Gasteiger partial charge < -0.3 is 24.4 Å². The predicted molar refractivity (Wildman–Crippen MR) is 135 cm³/mol. The molecule has 0 spiro atoms. The zero-order valence-corrected chi connectivity index (χ0v) is 21.5. The number of hydrogen-bond acceptors (Lipinski definition) is 6. The first kappa shape index (κ1) is 25.8. The Labute approximate surface area is 215 Å². The average molecular weight is 515 g/mol. The molecule has 10 heteroatoms. The first-order chi connectivity index (χ1) is 17.2. The van der Waals surface area contributed by atoms with Crippen LogP contribution in [-0.2, 0) is 9.59 Å². The van der Waals surface area contributed by atoms with Crippen LogP contribution in [-0.4, -0.2) is 79.1 Å². The van der Waals surface area contributed by atoms with Crippen molar-refractivity contribution in [2.24, 2.45) is 5.92 Å². The molecule has 1 N–H and O–H groups in total. The molecule has 2 fully saturated rings. The second-order valence-electron chi connectivity index (χ2n) is 9.69. The van der Waals surface area contributed by atoms with Crippen LogP contribution in [0.25, 0.3) is 0 Å². The third-order valence-corrected chi connectivity index (χ3v) is 7.08. The molecule has 3 atom stereocenters. The third kappa shape index (κ3) is 5.41. The van der Waals surface area contributed by atoms with Gasteiger partial charge in [0.05, 0.1) is 12.6 Å². The van der Waals surface area contributed by atoms with Gasteiger partial charge in [-0.3, -0.25) is 19.2 Å². The van der Waals surface area contributed by atoms with Crippen molar-refractivity contribution in [1.82, 2.24) is 15.1 Å². The van der Waals surface area contributed by atoms with E-state index in [1.165, 1.54) is 17.0 Å². The molecular formula is C26H31ClN4O5. The van der Waals surface area contributed by atoms with E-state index in [9.17, 15) is 19.2 Å². The van der Waals surface area contributed by atoms with Crippen molar-refractivity contribution in [3.63, 3.8) is 0 Å². The summed E-state index contributed by atoms with van der Waals surface area (Å²) in [5.41, 5.74) is 1.60. The van der Waals surface area contributed by atoms with Crippen LogP contribution in [0.3, 0.4) is 0 Å². The Hall–Kier alpha value is -3.33. The zero-order valence-electron chi connectivity index (χ0n) is 20.7. The molecule has 9 nitrogen and oxygen atoms in total. The smallest absolute Gasteiger partial charge is 0.290 e. The summed E-state index contributed by atoms with van der Waals surface area (Å²) in [6.07, 6.45) is 1.44. The average Bonchev–Trinajstić information content (AvgIpc) is 3.55. The molecule has 36 heavy (non-hydrogen) atoms. The normalized spacial score (nSPS) is 19.8. The summed E-state index contributed by atoms with van der Waals surface area (Å²) in [6, 6.07) is 9.35. The third-order valence-electron chi connectivity index (χ3n) is 6.88. The number of carbonyl (C=O) groups is 4. The number of furan rings is 1. The molecule has 2 saturated heterocycles. The molecule has 1 aromatic heterocycles. The summed E-state index contributed by atoms with van der Waals surface area (Å²) >= 11 is 5.78. The number of ketones is 1. The highest BCUT2D eigenvalue weighted by atomic mass is 35.5. The molecule has 192 valence electrons. The van der Waals surface area contributed by atoms with E-state index in [0.717, 1.165) is 5.69 Å². The number of amides is 3. The van der Waals surface area contributed by atoms with Gasteiger partial charge >= 0.3 is 0 Å². The molecule has 3 heterocycles. The number of nitrogens with one attached hydrogen (secondary N) is 1. The Morgan fingerprint density at radius 1 is 1.14 bits per heavy atom. The topological polar surface area (TPSA) is 103 Å². The highest BCUT2D eigenvalue weighted by molar-refractivity contribution is 6.29. The summed E-state index contributed by atoms with van der Waals surface area (Å²) in [5.74, 6) is -0.686. The minimum Gasteiger partial charge on any atom is -0.440 e. The molecule has 2 aliphatic heterocycles. The van der Waals surface area contributed by atoms with E-state index in [1.807, 2.05) is 38.1 Å². The maximum absolute atomic E-state index is 13.0. The van der Waals surface area contributed by atoms with Crippen molar-refractivity contribution >= 4 is 40.8 Å². The standard InChI is InChI=1S/C26H31ClN4O5/c1-16(10-12-28-25(34)17-4-6-18(7-5-17)29(2)3)14-23(33)30-13-11-19-24(30)20(32)15-31(19)26(35)21-8-9-22(27)36-21/h4-9,16,19,24H,10-15H2,1-3H3,(H,28,34). The Morgan fingerprint density at radius 3 is 2.50 bits per heavy atom. The van der Waals surface area contributed by atoms with Gasteiger partial charge in [0, 0.05) is 44.9 Å². The van der Waals surface area contributed by atoms with Crippen LogP contribution in [0.2, 0.25) is 5.22 Å². The SMILES string of the molecule is CC(CCNC(=O)c1ccc(N(C)C)cc1)CC(=O)N1CCC2C1C(=O)CN2C(=O)c1ccc(Cl)o1. The van der Waals surface area contributed by atoms with Crippen LogP contribution in [0.1, 0.15) is 47.1 Å². The van der Waals surface area contributed by atoms with Gasteiger partial charge in [-0.1, -0.05) is 6.92 Å². The van der Waals surface area contributed by atoms with Gasteiger partial charge in [0.2, 0.25) is 5.91 Å². The molecule has 0 bridgehead atoms. The van der Waals surface area contributed by atoms with Gasteiger partial charge in [-0.05, 0) is 66.8 Å². The lowest BCUT2D eigenvalue weighted by molar-refractivity contribution is -0.137. The molecule has 2 aliphatic rings. The van der Waals surface area contributed by atoms with Crippen LogP contribution in [0.5, 0.6) is 0 Å². The minimum atomic E-state index is -0.621. The molecule has 3 amide bonds. The van der Waals surface area contributed by atoms with Crippen LogP contribution < -0.4 is 10.2 Å². The highest BCUT2D eigenvalue weighted by Crippen LogP contribution is 2.32. The molecule has 3 unspecified atom stereocenters.